The van der Waals surface area contributed by atoms with Crippen molar-refractivity contribution in [2.24, 2.45) is 0 Å². The Morgan fingerprint density at radius 3 is 2.58 bits per heavy atom. The van der Waals surface area contributed by atoms with E-state index in [1.807, 2.05) is 17.9 Å². The summed E-state index contributed by atoms with van der Waals surface area (Å²) in [5.74, 6) is -0.881. The molecule has 1 aromatic carbocycles. The lowest BCUT2D eigenvalue weighted by Crippen LogP contribution is -2.34. The minimum Gasteiger partial charge on any atom is -0.481 e. The second-order valence-electron chi connectivity index (χ2n) is 4.52. The average Bonchev–Trinajstić information content (AvgIpc) is 2.27. The van der Waals surface area contributed by atoms with Crippen LogP contribution in [0.15, 0.2) is 18.2 Å². The predicted molar refractivity (Wildman–Crippen MR) is 72.6 cm³/mol. The number of rotatable bonds is 6. The maximum absolute atomic E-state index is 10.9. The van der Waals surface area contributed by atoms with Crippen LogP contribution in [0.5, 0.6) is 0 Å². The van der Waals surface area contributed by atoms with Gasteiger partial charge in [-0.15, -0.1) is 0 Å². The predicted octanol–water partition coefficient (Wildman–Crippen LogP) is 2.59. The molecule has 0 fully saturated rings. The van der Waals surface area contributed by atoms with Gasteiger partial charge in [0.15, 0.2) is 0 Å². The Bertz CT molecular complexity index is 488. The third-order valence-corrected chi connectivity index (χ3v) is 2.93. The summed E-state index contributed by atoms with van der Waals surface area (Å²) < 4.78 is 0. The molecule has 19 heavy (non-hydrogen) atoms. The summed E-state index contributed by atoms with van der Waals surface area (Å²) in [6.45, 7) is 6.07. The zero-order valence-corrected chi connectivity index (χ0v) is 11.3. The summed E-state index contributed by atoms with van der Waals surface area (Å²) in [6.07, 6.45) is -0.00439. The van der Waals surface area contributed by atoms with Crippen molar-refractivity contribution in [2.75, 3.05) is 11.4 Å². The molecule has 0 heterocycles. The molecule has 1 aromatic rings. The van der Waals surface area contributed by atoms with Gasteiger partial charge in [-0.2, -0.15) is 0 Å². The van der Waals surface area contributed by atoms with Crippen molar-refractivity contribution in [3.05, 3.63) is 33.9 Å². The maximum atomic E-state index is 10.9. The lowest BCUT2D eigenvalue weighted by Gasteiger charge is -2.29. The first-order valence-corrected chi connectivity index (χ1v) is 6.09. The lowest BCUT2D eigenvalue weighted by atomic mass is 10.1. The fraction of sp³-hybridized carbons (Fsp3) is 0.462. The van der Waals surface area contributed by atoms with E-state index in [1.165, 1.54) is 12.1 Å². The number of benzene rings is 1. The normalized spacial score (nSPS) is 11.9. The van der Waals surface area contributed by atoms with E-state index in [-0.39, 0.29) is 18.2 Å². The van der Waals surface area contributed by atoms with Crippen LogP contribution in [0.2, 0.25) is 0 Å². The third-order valence-electron chi connectivity index (χ3n) is 2.93. The fourth-order valence-electron chi connectivity index (χ4n) is 2.13. The maximum Gasteiger partial charge on any atom is 0.305 e. The molecule has 1 N–H and O–H groups in total. The number of hydrogen-bond donors (Lipinski definition) is 1. The van der Waals surface area contributed by atoms with E-state index in [2.05, 4.69) is 0 Å². The molecular formula is C13H18N2O4. The van der Waals surface area contributed by atoms with E-state index in [0.717, 1.165) is 5.56 Å². The van der Waals surface area contributed by atoms with E-state index < -0.39 is 10.9 Å². The van der Waals surface area contributed by atoms with Gasteiger partial charge in [0.2, 0.25) is 0 Å². The van der Waals surface area contributed by atoms with Crippen LogP contribution in [0.3, 0.4) is 0 Å². The van der Waals surface area contributed by atoms with Crippen LogP contribution in [0.4, 0.5) is 11.4 Å². The molecule has 0 aliphatic heterocycles. The molecule has 0 saturated carbocycles. The number of carboxylic acids is 1. The summed E-state index contributed by atoms with van der Waals surface area (Å²) in [4.78, 5) is 23.0. The van der Waals surface area contributed by atoms with Gasteiger partial charge in [-0.05, 0) is 32.4 Å². The first kappa shape index (κ1) is 14.9. The van der Waals surface area contributed by atoms with Crippen molar-refractivity contribution < 1.29 is 14.8 Å². The standard InChI is InChI=1S/C13H18N2O4/c1-4-14(10(3)7-13(16)17)11-5-9(2)6-12(8-11)15(18)19/h5-6,8,10H,4,7H2,1-3H3,(H,16,17). The van der Waals surface area contributed by atoms with Crippen molar-refractivity contribution in [2.45, 2.75) is 33.2 Å². The third kappa shape index (κ3) is 3.94. The van der Waals surface area contributed by atoms with Crippen molar-refractivity contribution >= 4 is 17.3 Å². The zero-order valence-electron chi connectivity index (χ0n) is 11.3. The van der Waals surface area contributed by atoms with Crippen LogP contribution < -0.4 is 4.90 Å². The molecular weight excluding hydrogens is 248 g/mol. The molecule has 0 spiro atoms. The Morgan fingerprint density at radius 2 is 2.11 bits per heavy atom. The number of aryl methyl sites for hydroxylation is 1. The Kier molecular flexibility index (Phi) is 4.86. The first-order chi connectivity index (χ1) is 8.85. The molecule has 0 aliphatic carbocycles. The van der Waals surface area contributed by atoms with Crippen LogP contribution in [-0.2, 0) is 4.79 Å². The number of non-ortho nitro benzene ring substituents is 1. The lowest BCUT2D eigenvalue weighted by molar-refractivity contribution is -0.384. The minimum absolute atomic E-state index is 0.00439. The molecule has 104 valence electrons. The van der Waals surface area contributed by atoms with Gasteiger partial charge in [0.1, 0.15) is 0 Å². The minimum atomic E-state index is -0.881. The molecule has 0 aromatic heterocycles. The molecule has 1 atom stereocenters. The fourth-order valence-corrected chi connectivity index (χ4v) is 2.13. The van der Waals surface area contributed by atoms with Crippen LogP contribution >= 0.6 is 0 Å². The van der Waals surface area contributed by atoms with E-state index in [9.17, 15) is 14.9 Å². The summed E-state index contributed by atoms with van der Waals surface area (Å²) in [6, 6.07) is 4.59. The van der Waals surface area contributed by atoms with Crippen LogP contribution in [-0.4, -0.2) is 28.6 Å². The molecule has 0 amide bonds. The van der Waals surface area contributed by atoms with Gasteiger partial charge in [-0.1, -0.05) is 0 Å². The van der Waals surface area contributed by atoms with Crippen molar-refractivity contribution in [3.8, 4) is 0 Å². The number of carbonyl (C=O) groups is 1. The smallest absolute Gasteiger partial charge is 0.305 e. The number of nitrogens with zero attached hydrogens (tertiary/aromatic N) is 2. The van der Waals surface area contributed by atoms with Crippen molar-refractivity contribution in [1.82, 2.24) is 0 Å². The van der Waals surface area contributed by atoms with Gasteiger partial charge in [0.25, 0.3) is 5.69 Å². The Morgan fingerprint density at radius 1 is 1.47 bits per heavy atom. The Hall–Kier alpha value is -2.11. The molecule has 0 radical (unpaired) electrons. The molecule has 0 saturated heterocycles. The summed E-state index contributed by atoms with van der Waals surface area (Å²) >= 11 is 0. The largest absolute Gasteiger partial charge is 0.481 e. The number of aliphatic carboxylic acids is 1. The average molecular weight is 266 g/mol. The van der Waals surface area contributed by atoms with E-state index >= 15 is 0 Å². The second kappa shape index (κ2) is 6.17. The van der Waals surface area contributed by atoms with Gasteiger partial charge in [-0.25, -0.2) is 0 Å². The van der Waals surface area contributed by atoms with Gasteiger partial charge in [0, 0.05) is 30.4 Å². The molecule has 1 rings (SSSR count). The Balaban J connectivity index is 3.10. The number of nitro groups is 1. The quantitative estimate of drug-likeness (QED) is 0.632. The Labute approximate surface area is 111 Å². The monoisotopic (exact) mass is 266 g/mol. The van der Waals surface area contributed by atoms with Gasteiger partial charge in [-0.3, -0.25) is 14.9 Å². The highest BCUT2D eigenvalue weighted by atomic mass is 16.6. The summed E-state index contributed by atoms with van der Waals surface area (Å²) in [5, 5.41) is 19.7. The first-order valence-electron chi connectivity index (χ1n) is 6.09. The van der Waals surface area contributed by atoms with Crippen LogP contribution in [0.25, 0.3) is 0 Å². The SMILES string of the molecule is CCN(c1cc(C)cc([N+](=O)[O-])c1)C(C)CC(=O)O. The number of nitro benzene ring substituents is 1. The van der Waals surface area contributed by atoms with Crippen molar-refractivity contribution in [1.29, 1.82) is 0 Å². The van der Waals surface area contributed by atoms with Gasteiger partial charge >= 0.3 is 5.97 Å². The van der Waals surface area contributed by atoms with Crippen molar-refractivity contribution in [3.63, 3.8) is 0 Å². The van der Waals surface area contributed by atoms with Gasteiger partial charge < -0.3 is 10.0 Å². The van der Waals surface area contributed by atoms with E-state index in [0.29, 0.717) is 12.2 Å². The van der Waals surface area contributed by atoms with Gasteiger partial charge in [0.05, 0.1) is 11.3 Å². The molecule has 1 unspecified atom stereocenters. The highest BCUT2D eigenvalue weighted by Crippen LogP contribution is 2.25. The zero-order chi connectivity index (χ0) is 14.6. The summed E-state index contributed by atoms with van der Waals surface area (Å²) in [5.41, 5.74) is 1.49. The molecule has 6 nitrogen and oxygen atoms in total. The van der Waals surface area contributed by atoms with Crippen LogP contribution in [0, 0.1) is 17.0 Å². The second-order valence-corrected chi connectivity index (χ2v) is 4.52. The van der Waals surface area contributed by atoms with E-state index in [4.69, 9.17) is 5.11 Å². The highest BCUT2D eigenvalue weighted by molar-refractivity contribution is 5.68. The summed E-state index contributed by atoms with van der Waals surface area (Å²) in [7, 11) is 0. The van der Waals surface area contributed by atoms with E-state index in [1.54, 1.807) is 13.8 Å². The number of anilines is 1. The topological polar surface area (TPSA) is 83.7 Å². The van der Waals surface area contributed by atoms with Crippen LogP contribution in [0.1, 0.15) is 25.8 Å². The molecule has 6 heteroatoms. The molecule has 0 bridgehead atoms. The number of carboxylic acid groups (broad SMARTS) is 1. The highest BCUT2D eigenvalue weighted by Gasteiger charge is 2.18. The molecule has 0 aliphatic rings. The number of hydrogen-bond acceptors (Lipinski definition) is 4.